The minimum atomic E-state index is 0. The Morgan fingerprint density at radius 1 is 0.905 bits per heavy atom. The van der Waals surface area contributed by atoms with Crippen molar-refractivity contribution in [2.45, 2.75) is 61.9 Å². The molecule has 119 valence electrons. The van der Waals surface area contributed by atoms with E-state index in [1.807, 2.05) is 12.3 Å². The van der Waals surface area contributed by atoms with Crippen molar-refractivity contribution in [1.82, 2.24) is 15.0 Å². The Hall–Kier alpha value is -0.536. The average molecular weight is 368 g/mol. The summed E-state index contributed by atoms with van der Waals surface area (Å²) in [6, 6.07) is 10.9. The molecule has 1 aromatic heterocycles. The zero-order chi connectivity index (χ0) is 12.7. The molecule has 1 radical (unpaired) electrons. The van der Waals surface area contributed by atoms with E-state index in [-0.39, 0.29) is 55.0 Å². The third-order valence-electron chi connectivity index (χ3n) is 2.44. The third kappa shape index (κ3) is 11.8. The first-order valence-electron chi connectivity index (χ1n) is 6.02. The summed E-state index contributed by atoms with van der Waals surface area (Å²) < 4.78 is 1.81. The summed E-state index contributed by atoms with van der Waals surface area (Å²) in [6.45, 7) is 8.54. The van der Waals surface area contributed by atoms with E-state index in [2.05, 4.69) is 62.3 Å². The van der Waals surface area contributed by atoms with E-state index in [0.717, 1.165) is 0 Å². The molecule has 3 nitrogen and oxygen atoms in total. The number of rotatable bonds is 2. The molecule has 0 unspecified atom stereocenters. The summed E-state index contributed by atoms with van der Waals surface area (Å²) in [7, 11) is 0. The van der Waals surface area contributed by atoms with Gasteiger partial charge in [0.2, 0.25) is 0 Å². The predicted octanol–water partition coefficient (Wildman–Crippen LogP) is 5.57. The van der Waals surface area contributed by atoms with Crippen LogP contribution in [0.4, 0.5) is 0 Å². The molecule has 0 aliphatic carbocycles. The van der Waals surface area contributed by atoms with Gasteiger partial charge in [0.25, 0.3) is 0 Å². The van der Waals surface area contributed by atoms with Crippen LogP contribution in [0.25, 0.3) is 0 Å². The summed E-state index contributed by atoms with van der Waals surface area (Å²) in [5.41, 5.74) is 1.41. The smallest absolute Gasteiger partial charge is 0.0693 e. The second kappa shape index (κ2) is 15.8. The van der Waals surface area contributed by atoms with E-state index >= 15 is 0 Å². The van der Waals surface area contributed by atoms with Crippen LogP contribution in [-0.2, 0) is 32.7 Å². The molecule has 4 heteroatoms. The van der Waals surface area contributed by atoms with Gasteiger partial charge in [0.1, 0.15) is 0 Å². The Morgan fingerprint density at radius 3 is 1.67 bits per heavy atom. The van der Waals surface area contributed by atoms with Crippen molar-refractivity contribution >= 4 is 0 Å². The molecule has 0 saturated heterocycles. The van der Waals surface area contributed by atoms with E-state index in [1.165, 1.54) is 5.56 Å². The number of benzene rings is 1. The fraction of sp³-hybridized carbons (Fsp3) is 0.529. The SMILES string of the molecule is C.C.C.CC(C)c1ccccc1.CC(C)n1ccnn1.[Y]. The minimum absolute atomic E-state index is 0. The quantitative estimate of drug-likeness (QED) is 0.693. The first-order chi connectivity index (χ1) is 8.11. The Morgan fingerprint density at radius 2 is 1.43 bits per heavy atom. The monoisotopic (exact) mass is 368 g/mol. The molecule has 2 rings (SSSR count). The van der Waals surface area contributed by atoms with Crippen LogP contribution in [0.3, 0.4) is 0 Å². The molecular weight excluding hydrogens is 335 g/mol. The van der Waals surface area contributed by atoms with Crippen LogP contribution in [0, 0.1) is 0 Å². The summed E-state index contributed by atoms with van der Waals surface area (Å²) in [4.78, 5) is 0. The van der Waals surface area contributed by atoms with E-state index < -0.39 is 0 Å². The molecule has 0 bridgehead atoms. The van der Waals surface area contributed by atoms with Crippen molar-refractivity contribution in [3.8, 4) is 0 Å². The van der Waals surface area contributed by atoms with Gasteiger partial charge in [-0.15, -0.1) is 5.10 Å². The fourth-order valence-electron chi connectivity index (χ4n) is 1.33. The average Bonchev–Trinajstić information content (AvgIpc) is 2.84. The van der Waals surface area contributed by atoms with Gasteiger partial charge < -0.3 is 0 Å². The maximum absolute atomic E-state index is 3.78. The van der Waals surface area contributed by atoms with Gasteiger partial charge in [0.05, 0.1) is 6.20 Å². The number of nitrogens with zero attached hydrogens (tertiary/aromatic N) is 3. The molecule has 1 heterocycles. The number of hydrogen-bond donors (Lipinski definition) is 0. The number of aromatic nitrogens is 3. The van der Waals surface area contributed by atoms with Gasteiger partial charge >= 0.3 is 0 Å². The second-order valence-corrected chi connectivity index (χ2v) is 4.54. The van der Waals surface area contributed by atoms with Crippen molar-refractivity contribution in [2.24, 2.45) is 0 Å². The Kier molecular flexibility index (Phi) is 21.6. The van der Waals surface area contributed by atoms with Gasteiger partial charge in [-0.25, -0.2) is 0 Å². The molecule has 0 atom stereocenters. The second-order valence-electron chi connectivity index (χ2n) is 4.54. The maximum atomic E-state index is 3.78. The van der Waals surface area contributed by atoms with Crippen molar-refractivity contribution in [1.29, 1.82) is 0 Å². The zero-order valence-electron chi connectivity index (χ0n) is 11.6. The Labute approximate surface area is 157 Å². The molecular formula is C17H33N3Y. The largest absolute Gasteiger partial charge is 0.250 e. The molecule has 0 amide bonds. The van der Waals surface area contributed by atoms with Gasteiger partial charge in [-0.3, -0.25) is 4.68 Å². The normalized spacial score (nSPS) is 8.29. The van der Waals surface area contributed by atoms with Crippen LogP contribution >= 0.6 is 0 Å². The molecule has 0 fully saturated rings. The first kappa shape index (κ1) is 28.6. The van der Waals surface area contributed by atoms with Crippen molar-refractivity contribution in [2.75, 3.05) is 0 Å². The van der Waals surface area contributed by atoms with E-state index in [0.29, 0.717) is 12.0 Å². The third-order valence-corrected chi connectivity index (χ3v) is 2.44. The van der Waals surface area contributed by atoms with Crippen LogP contribution in [0.2, 0.25) is 0 Å². The summed E-state index contributed by atoms with van der Waals surface area (Å²) >= 11 is 0. The standard InChI is InChI=1S/C9H12.C5H9N3.3CH4.Y/c1-8(2)9-6-4-3-5-7-9;1-5(2)8-4-3-6-7-8;;;;/h3-8H,1-2H3;3-5H,1-2H3;3*1H4;. The molecule has 0 spiro atoms. The van der Waals surface area contributed by atoms with Gasteiger partial charge in [0.15, 0.2) is 0 Å². The van der Waals surface area contributed by atoms with Gasteiger partial charge in [-0.2, -0.15) is 0 Å². The molecule has 0 aliphatic heterocycles. The predicted molar refractivity (Wildman–Crippen MR) is 91.1 cm³/mol. The van der Waals surface area contributed by atoms with Crippen molar-refractivity contribution in [3.05, 3.63) is 48.3 Å². The molecule has 0 aliphatic rings. The van der Waals surface area contributed by atoms with E-state index in [4.69, 9.17) is 0 Å². The summed E-state index contributed by atoms with van der Waals surface area (Å²) in [5, 5.41) is 7.44. The molecule has 21 heavy (non-hydrogen) atoms. The number of hydrogen-bond acceptors (Lipinski definition) is 2. The van der Waals surface area contributed by atoms with E-state index in [1.54, 1.807) is 10.9 Å². The van der Waals surface area contributed by atoms with Gasteiger partial charge in [-0.1, -0.05) is 71.7 Å². The van der Waals surface area contributed by atoms with Crippen LogP contribution in [0.15, 0.2) is 42.7 Å². The molecule has 0 saturated carbocycles. The summed E-state index contributed by atoms with van der Waals surface area (Å²) in [6.07, 6.45) is 3.53. The Bertz CT molecular complexity index is 397. The first-order valence-corrected chi connectivity index (χ1v) is 6.02. The molecule has 0 N–H and O–H groups in total. The topological polar surface area (TPSA) is 30.7 Å². The van der Waals surface area contributed by atoms with Crippen LogP contribution in [0.5, 0.6) is 0 Å². The molecule has 2 aromatic rings. The maximum Gasteiger partial charge on any atom is 0.0693 e. The summed E-state index contributed by atoms with van der Waals surface area (Å²) in [5.74, 6) is 0.659. The van der Waals surface area contributed by atoms with Crippen molar-refractivity contribution < 1.29 is 32.7 Å². The zero-order valence-corrected chi connectivity index (χ0v) is 14.5. The van der Waals surface area contributed by atoms with Crippen LogP contribution in [-0.4, -0.2) is 15.0 Å². The van der Waals surface area contributed by atoms with E-state index in [9.17, 15) is 0 Å². The van der Waals surface area contributed by atoms with Crippen LogP contribution in [0.1, 0.15) is 67.5 Å². The fourth-order valence-corrected chi connectivity index (χ4v) is 1.33. The Balaban J connectivity index is -0.000000116. The minimum Gasteiger partial charge on any atom is -0.250 e. The van der Waals surface area contributed by atoms with Crippen LogP contribution < -0.4 is 0 Å². The van der Waals surface area contributed by atoms with Gasteiger partial charge in [0, 0.05) is 44.9 Å². The molecule has 1 aromatic carbocycles. The van der Waals surface area contributed by atoms with Gasteiger partial charge in [-0.05, 0) is 25.3 Å². The van der Waals surface area contributed by atoms with Crippen molar-refractivity contribution in [3.63, 3.8) is 0 Å².